The summed E-state index contributed by atoms with van der Waals surface area (Å²) in [6.07, 6.45) is 1.68. The molecular formula is C39H31Cl2NO2. The number of anilines is 3. The number of fused-ring (bicyclic) bond motifs is 5. The number of para-hydroxylation sites is 1. The topological polar surface area (TPSA) is 37.4 Å². The van der Waals surface area contributed by atoms with Crippen LogP contribution in [0.2, 0.25) is 10.0 Å². The number of rotatable bonds is 2. The lowest BCUT2D eigenvalue weighted by molar-refractivity contribution is 0.0990. The van der Waals surface area contributed by atoms with E-state index in [9.17, 15) is 9.59 Å². The molecule has 0 saturated heterocycles. The summed E-state index contributed by atoms with van der Waals surface area (Å²) >= 11 is 12.3. The zero-order chi connectivity index (χ0) is 31.1. The summed E-state index contributed by atoms with van der Waals surface area (Å²) < 4.78 is 0. The minimum Gasteiger partial charge on any atom is -0.310 e. The first kappa shape index (κ1) is 28.6. The third kappa shape index (κ3) is 4.33. The van der Waals surface area contributed by atoms with Crippen LogP contribution in [0.15, 0.2) is 96.6 Å². The van der Waals surface area contributed by atoms with Crippen molar-refractivity contribution < 1.29 is 9.59 Å². The molecule has 7 rings (SSSR count). The number of carbonyl (C=O) groups is 2. The van der Waals surface area contributed by atoms with Crippen molar-refractivity contribution in [1.82, 2.24) is 0 Å². The zero-order valence-electron chi connectivity index (χ0n) is 25.3. The molecule has 0 unspecified atom stereocenters. The van der Waals surface area contributed by atoms with E-state index in [1.54, 1.807) is 6.08 Å². The van der Waals surface area contributed by atoms with Gasteiger partial charge in [0.15, 0.2) is 11.6 Å². The van der Waals surface area contributed by atoms with Crippen LogP contribution >= 0.6 is 23.2 Å². The molecule has 2 aliphatic rings. The Kier molecular flexibility index (Phi) is 6.44. The number of halogens is 2. The molecule has 1 heterocycles. The first-order valence-corrected chi connectivity index (χ1v) is 15.5. The molecule has 0 atom stereocenters. The maximum atomic E-state index is 13.2. The van der Waals surface area contributed by atoms with E-state index in [1.165, 1.54) is 34.5 Å². The molecule has 5 aromatic carbocycles. The Balaban J connectivity index is 1.38. The van der Waals surface area contributed by atoms with E-state index in [4.69, 9.17) is 23.2 Å². The normalized spacial score (nSPS) is 15.3. The monoisotopic (exact) mass is 615 g/mol. The molecule has 3 nitrogen and oxygen atoms in total. The van der Waals surface area contributed by atoms with Crippen molar-refractivity contribution >= 4 is 68.7 Å². The highest BCUT2D eigenvalue weighted by molar-refractivity contribution is 6.46. The Morgan fingerprint density at radius 1 is 0.727 bits per heavy atom. The highest BCUT2D eigenvalue weighted by Crippen LogP contribution is 2.54. The number of nitrogens with zero attached hydrogens (tertiary/aromatic N) is 1. The van der Waals surface area contributed by atoms with Crippen LogP contribution < -0.4 is 4.90 Å². The number of hydrogen-bond donors (Lipinski definition) is 0. The number of ketones is 2. The first-order chi connectivity index (χ1) is 20.9. The Labute approximate surface area is 267 Å². The summed E-state index contributed by atoms with van der Waals surface area (Å²) in [7, 11) is 0. The van der Waals surface area contributed by atoms with E-state index in [0.29, 0.717) is 11.1 Å². The van der Waals surface area contributed by atoms with E-state index < -0.39 is 0 Å². The van der Waals surface area contributed by atoms with Crippen LogP contribution in [0.5, 0.6) is 0 Å². The third-order valence-corrected chi connectivity index (χ3v) is 9.75. The standard InChI is InChI=1S/C39H31Cl2NO2/c1-38(2,3)24-9-8-10-25(19-24)42-33-12-7-6-11-30(33)39(4,5)35-26-15-13-22(17-23(26)14-16-34(35)42)18-29-36(43)27-20-31(40)32(41)21-28(27)37(29)44/h6-21H,1-5H3. The maximum Gasteiger partial charge on any atom is 0.197 e. The van der Waals surface area contributed by atoms with Crippen LogP contribution in [0.1, 0.15) is 77.6 Å². The second kappa shape index (κ2) is 9.92. The van der Waals surface area contributed by atoms with Crippen LogP contribution in [0.25, 0.3) is 16.8 Å². The van der Waals surface area contributed by atoms with Crippen molar-refractivity contribution in [2.45, 2.75) is 45.4 Å². The molecule has 0 radical (unpaired) electrons. The van der Waals surface area contributed by atoms with Gasteiger partial charge in [0.05, 0.1) is 27.0 Å². The summed E-state index contributed by atoms with van der Waals surface area (Å²) in [5, 5.41) is 2.68. The van der Waals surface area contributed by atoms with Crippen LogP contribution in [-0.2, 0) is 10.8 Å². The van der Waals surface area contributed by atoms with Crippen molar-refractivity contribution in [3.8, 4) is 0 Å². The Hall–Kier alpha value is -4.18. The van der Waals surface area contributed by atoms with Crippen LogP contribution in [0, 0.1) is 0 Å². The van der Waals surface area contributed by atoms with Gasteiger partial charge in [0, 0.05) is 22.2 Å². The van der Waals surface area contributed by atoms with Gasteiger partial charge in [-0.05, 0) is 87.0 Å². The highest BCUT2D eigenvalue weighted by Gasteiger charge is 2.38. The number of benzene rings is 5. The molecule has 1 aliphatic heterocycles. The second-order valence-electron chi connectivity index (χ2n) is 13.2. The van der Waals surface area contributed by atoms with Gasteiger partial charge < -0.3 is 4.90 Å². The van der Waals surface area contributed by atoms with Gasteiger partial charge >= 0.3 is 0 Å². The third-order valence-electron chi connectivity index (χ3n) is 9.03. The fourth-order valence-electron chi connectivity index (χ4n) is 6.73. The molecule has 1 aliphatic carbocycles. The summed E-state index contributed by atoms with van der Waals surface area (Å²) in [6, 6.07) is 30.9. The SMILES string of the molecule is CC(C)(C)c1cccc(N2c3ccccc3C(C)(C)c3c2ccc2cc(C=C4C(=O)c5cc(Cl)c(Cl)cc5C4=O)ccc32)c1. The van der Waals surface area contributed by atoms with Crippen LogP contribution in [0.3, 0.4) is 0 Å². The Bertz CT molecular complexity index is 2060. The molecule has 218 valence electrons. The molecule has 0 bridgehead atoms. The molecule has 5 heteroatoms. The largest absolute Gasteiger partial charge is 0.310 e. The highest BCUT2D eigenvalue weighted by atomic mass is 35.5. The average molecular weight is 617 g/mol. The molecular weight excluding hydrogens is 585 g/mol. The molecule has 5 aromatic rings. The van der Waals surface area contributed by atoms with Gasteiger partial charge in [0.1, 0.15) is 0 Å². The number of carbonyl (C=O) groups excluding carboxylic acids is 2. The summed E-state index contributed by atoms with van der Waals surface area (Å²) in [5.74, 6) is -0.667. The molecule has 0 saturated carbocycles. The average Bonchev–Trinajstić information content (AvgIpc) is 3.20. The van der Waals surface area contributed by atoms with Crippen molar-refractivity contribution in [2.75, 3.05) is 4.90 Å². The van der Waals surface area contributed by atoms with Crippen molar-refractivity contribution in [3.63, 3.8) is 0 Å². The number of hydrogen-bond acceptors (Lipinski definition) is 3. The Morgan fingerprint density at radius 3 is 2.09 bits per heavy atom. The maximum absolute atomic E-state index is 13.2. The van der Waals surface area contributed by atoms with E-state index in [-0.39, 0.29) is 38.0 Å². The minimum absolute atomic E-state index is 0.0175. The van der Waals surface area contributed by atoms with Crippen molar-refractivity contribution in [1.29, 1.82) is 0 Å². The van der Waals surface area contributed by atoms with Gasteiger partial charge in [-0.25, -0.2) is 0 Å². The Morgan fingerprint density at radius 2 is 1.41 bits per heavy atom. The smallest absolute Gasteiger partial charge is 0.197 e. The quantitative estimate of drug-likeness (QED) is 0.146. The minimum atomic E-state index is -0.333. The fraction of sp³-hybridized carbons (Fsp3) is 0.179. The molecule has 0 spiro atoms. The van der Waals surface area contributed by atoms with E-state index in [2.05, 4.69) is 106 Å². The molecule has 44 heavy (non-hydrogen) atoms. The van der Waals surface area contributed by atoms with E-state index in [1.807, 2.05) is 12.1 Å². The van der Waals surface area contributed by atoms with Crippen molar-refractivity contribution in [3.05, 3.63) is 140 Å². The first-order valence-electron chi connectivity index (χ1n) is 14.7. The van der Waals surface area contributed by atoms with Gasteiger partial charge in [-0.15, -0.1) is 0 Å². The van der Waals surface area contributed by atoms with Gasteiger partial charge in [0.2, 0.25) is 0 Å². The summed E-state index contributed by atoms with van der Waals surface area (Å²) in [5.41, 5.74) is 8.44. The number of Topliss-reactive ketones (excluding diaryl/α,β-unsaturated/α-hetero) is 2. The van der Waals surface area contributed by atoms with Gasteiger partial charge in [0.25, 0.3) is 0 Å². The molecule has 0 aromatic heterocycles. The predicted molar refractivity (Wildman–Crippen MR) is 183 cm³/mol. The lowest BCUT2D eigenvalue weighted by Gasteiger charge is -2.43. The lowest BCUT2D eigenvalue weighted by Crippen LogP contribution is -2.31. The summed E-state index contributed by atoms with van der Waals surface area (Å²) in [4.78, 5) is 28.8. The zero-order valence-corrected chi connectivity index (χ0v) is 26.8. The van der Waals surface area contributed by atoms with Gasteiger partial charge in [-0.2, -0.15) is 0 Å². The summed E-state index contributed by atoms with van der Waals surface area (Å²) in [6.45, 7) is 11.3. The van der Waals surface area contributed by atoms with Gasteiger partial charge in [-0.3, -0.25) is 9.59 Å². The number of allylic oxidation sites excluding steroid dienone is 1. The fourth-order valence-corrected chi connectivity index (χ4v) is 7.06. The van der Waals surface area contributed by atoms with E-state index >= 15 is 0 Å². The lowest BCUT2D eigenvalue weighted by atomic mass is 9.71. The predicted octanol–water partition coefficient (Wildman–Crippen LogP) is 11.0. The van der Waals surface area contributed by atoms with Crippen LogP contribution in [0.4, 0.5) is 17.1 Å². The van der Waals surface area contributed by atoms with Gasteiger partial charge in [-0.1, -0.05) is 106 Å². The molecule has 0 amide bonds. The molecule has 0 fully saturated rings. The molecule has 0 N–H and O–H groups in total. The second-order valence-corrected chi connectivity index (χ2v) is 14.1. The van der Waals surface area contributed by atoms with E-state index in [0.717, 1.165) is 27.7 Å². The van der Waals surface area contributed by atoms with Crippen LogP contribution in [-0.4, -0.2) is 11.6 Å². The van der Waals surface area contributed by atoms with Crippen molar-refractivity contribution in [2.24, 2.45) is 0 Å².